The first kappa shape index (κ1) is 12.6. The van der Waals surface area contributed by atoms with Gasteiger partial charge < -0.3 is 9.84 Å². The Morgan fingerprint density at radius 2 is 1.55 bits per heavy atom. The maximum Gasteiger partial charge on any atom is 0.339 e. The van der Waals surface area contributed by atoms with Crippen LogP contribution in [0.1, 0.15) is 33.7 Å². The van der Waals surface area contributed by atoms with Crippen LogP contribution in [0.15, 0.2) is 66.7 Å². The van der Waals surface area contributed by atoms with Gasteiger partial charge in [-0.3, -0.25) is 0 Å². The second kappa shape index (κ2) is 5.31. The molecule has 20 heavy (non-hydrogen) atoms. The Hall–Kier alpha value is -2.39. The van der Waals surface area contributed by atoms with Gasteiger partial charge in [-0.05, 0) is 23.8 Å². The van der Waals surface area contributed by atoms with Crippen LogP contribution in [0.5, 0.6) is 0 Å². The summed E-state index contributed by atoms with van der Waals surface area (Å²) < 4.78 is 5.52. The number of carbonyl (C=O) groups is 1. The van der Waals surface area contributed by atoms with E-state index in [0.717, 1.165) is 11.1 Å². The molecule has 0 amide bonds. The lowest BCUT2D eigenvalue weighted by molar-refractivity contribution is 0.0376. The molecule has 1 N–H and O–H groups in total. The van der Waals surface area contributed by atoms with Crippen molar-refractivity contribution in [3.05, 3.63) is 83.4 Å². The van der Waals surface area contributed by atoms with E-state index < -0.39 is 12.2 Å². The summed E-state index contributed by atoms with van der Waals surface area (Å²) in [6, 6.07) is 16.3. The highest BCUT2D eigenvalue weighted by atomic mass is 16.5. The number of hydrogen-bond donors (Lipinski definition) is 1. The van der Waals surface area contributed by atoms with E-state index in [1.165, 1.54) is 0 Å². The fourth-order valence-corrected chi connectivity index (χ4v) is 2.31. The molecule has 2 aromatic carbocycles. The average molecular weight is 266 g/mol. The van der Waals surface area contributed by atoms with E-state index in [1.54, 1.807) is 36.4 Å². The van der Waals surface area contributed by atoms with Gasteiger partial charge in [0.05, 0.1) is 11.7 Å². The average Bonchev–Trinajstić information content (AvgIpc) is 2.51. The zero-order valence-electron chi connectivity index (χ0n) is 10.8. The molecule has 2 aromatic rings. The maximum atomic E-state index is 12.1. The van der Waals surface area contributed by atoms with Crippen LogP contribution < -0.4 is 0 Å². The van der Waals surface area contributed by atoms with Gasteiger partial charge in [0.1, 0.15) is 6.10 Å². The number of benzene rings is 2. The largest absolute Gasteiger partial charge is 0.450 e. The van der Waals surface area contributed by atoms with Gasteiger partial charge in [-0.15, -0.1) is 0 Å². The summed E-state index contributed by atoms with van der Waals surface area (Å²) in [5.74, 6) is -0.369. The third-order valence-electron chi connectivity index (χ3n) is 3.33. The summed E-state index contributed by atoms with van der Waals surface area (Å²) in [4.78, 5) is 12.1. The Balaban J connectivity index is 1.85. The summed E-state index contributed by atoms with van der Waals surface area (Å²) in [5, 5.41) is 9.90. The van der Waals surface area contributed by atoms with Crippen LogP contribution in [0.2, 0.25) is 0 Å². The van der Waals surface area contributed by atoms with Crippen molar-refractivity contribution in [1.29, 1.82) is 0 Å². The minimum Gasteiger partial charge on any atom is -0.450 e. The molecule has 1 aliphatic carbocycles. The Kier molecular flexibility index (Phi) is 3.35. The Morgan fingerprint density at radius 1 is 0.900 bits per heavy atom. The van der Waals surface area contributed by atoms with Crippen LogP contribution in [0.4, 0.5) is 0 Å². The van der Waals surface area contributed by atoms with Crippen molar-refractivity contribution in [2.75, 3.05) is 0 Å². The molecular formula is C17H14O3. The first-order valence-electron chi connectivity index (χ1n) is 6.47. The van der Waals surface area contributed by atoms with Crippen LogP contribution in [-0.2, 0) is 4.74 Å². The second-order valence-corrected chi connectivity index (χ2v) is 4.65. The molecule has 0 heterocycles. The molecular weight excluding hydrogens is 252 g/mol. The molecule has 3 heteroatoms. The van der Waals surface area contributed by atoms with Gasteiger partial charge in [0.25, 0.3) is 0 Å². The molecule has 100 valence electrons. The van der Waals surface area contributed by atoms with Crippen LogP contribution >= 0.6 is 0 Å². The minimum absolute atomic E-state index is 0.369. The summed E-state index contributed by atoms with van der Waals surface area (Å²) in [6.07, 6.45) is 2.26. The molecule has 2 atom stereocenters. The van der Waals surface area contributed by atoms with Crippen molar-refractivity contribution < 1.29 is 14.6 Å². The molecule has 0 radical (unpaired) electrons. The molecule has 0 saturated heterocycles. The van der Waals surface area contributed by atoms with Crippen molar-refractivity contribution in [2.24, 2.45) is 0 Å². The van der Waals surface area contributed by atoms with E-state index in [9.17, 15) is 9.90 Å². The molecule has 1 aliphatic rings. The van der Waals surface area contributed by atoms with Crippen LogP contribution in [0.25, 0.3) is 0 Å². The molecule has 3 rings (SSSR count). The van der Waals surface area contributed by atoms with Gasteiger partial charge in [0, 0.05) is 5.56 Å². The highest BCUT2D eigenvalue weighted by Crippen LogP contribution is 2.33. The Morgan fingerprint density at radius 3 is 2.30 bits per heavy atom. The molecule has 0 fully saturated rings. The van der Waals surface area contributed by atoms with Gasteiger partial charge in [-0.2, -0.15) is 0 Å². The van der Waals surface area contributed by atoms with Crippen molar-refractivity contribution >= 4 is 5.97 Å². The summed E-state index contributed by atoms with van der Waals surface area (Å²) in [7, 11) is 0. The van der Waals surface area contributed by atoms with Crippen LogP contribution in [0, 0.1) is 0 Å². The minimum atomic E-state index is -0.641. The van der Waals surface area contributed by atoms with Gasteiger partial charge >= 0.3 is 5.97 Å². The highest BCUT2D eigenvalue weighted by molar-refractivity contribution is 5.89. The van der Waals surface area contributed by atoms with Crippen molar-refractivity contribution in [2.45, 2.75) is 12.2 Å². The van der Waals surface area contributed by atoms with Crippen LogP contribution in [0.3, 0.4) is 0 Å². The molecule has 0 aliphatic heterocycles. The van der Waals surface area contributed by atoms with E-state index in [2.05, 4.69) is 0 Å². The zero-order chi connectivity index (χ0) is 13.9. The van der Waals surface area contributed by atoms with E-state index in [4.69, 9.17) is 4.74 Å². The highest BCUT2D eigenvalue weighted by Gasteiger charge is 2.24. The lowest BCUT2D eigenvalue weighted by Crippen LogP contribution is -2.15. The fourth-order valence-electron chi connectivity index (χ4n) is 2.31. The first-order chi connectivity index (χ1) is 9.75. The van der Waals surface area contributed by atoms with Gasteiger partial charge in [0.2, 0.25) is 0 Å². The number of aliphatic hydroxyl groups excluding tert-OH is 1. The molecule has 0 saturated carbocycles. The van der Waals surface area contributed by atoms with Crippen LogP contribution in [-0.4, -0.2) is 11.1 Å². The topological polar surface area (TPSA) is 46.5 Å². The summed E-state index contributed by atoms with van der Waals surface area (Å²) in [6.45, 7) is 0. The number of carbonyl (C=O) groups excluding carboxylic acids is 1. The summed E-state index contributed by atoms with van der Waals surface area (Å²) in [5.41, 5.74) is 2.12. The lowest BCUT2D eigenvalue weighted by Gasteiger charge is -2.24. The smallest absolute Gasteiger partial charge is 0.339 e. The number of rotatable bonds is 2. The normalized spacial score (nSPS) is 20.2. The van der Waals surface area contributed by atoms with Gasteiger partial charge in [0.15, 0.2) is 0 Å². The third kappa shape index (κ3) is 2.36. The van der Waals surface area contributed by atoms with Gasteiger partial charge in [-0.1, -0.05) is 48.5 Å². The molecule has 3 nitrogen and oxygen atoms in total. The number of esters is 1. The maximum absolute atomic E-state index is 12.1. The van der Waals surface area contributed by atoms with E-state index in [1.807, 2.05) is 30.3 Å². The number of ether oxygens (including phenoxy) is 1. The predicted molar refractivity (Wildman–Crippen MR) is 75.1 cm³/mol. The number of aliphatic hydroxyl groups is 1. The molecule has 0 bridgehead atoms. The monoisotopic (exact) mass is 266 g/mol. The number of fused-ring (bicyclic) bond motifs is 1. The zero-order valence-corrected chi connectivity index (χ0v) is 10.8. The number of hydrogen-bond acceptors (Lipinski definition) is 3. The van der Waals surface area contributed by atoms with Gasteiger partial charge in [-0.25, -0.2) is 4.79 Å². The predicted octanol–water partition coefficient (Wildman–Crippen LogP) is 3.19. The lowest BCUT2D eigenvalue weighted by atomic mass is 9.93. The molecule has 0 unspecified atom stereocenters. The van der Waals surface area contributed by atoms with E-state index in [-0.39, 0.29) is 5.97 Å². The third-order valence-corrected chi connectivity index (χ3v) is 3.33. The fraction of sp³-hybridized carbons (Fsp3) is 0.118. The Labute approximate surface area is 117 Å². The SMILES string of the molecule is O=C(O[C@H]1C=C[C@@H](O)c2ccccc21)c1ccccc1. The summed E-state index contributed by atoms with van der Waals surface area (Å²) >= 11 is 0. The molecule has 0 aromatic heterocycles. The van der Waals surface area contributed by atoms with Crippen molar-refractivity contribution in [1.82, 2.24) is 0 Å². The van der Waals surface area contributed by atoms with E-state index >= 15 is 0 Å². The quantitative estimate of drug-likeness (QED) is 0.670. The standard InChI is InChI=1S/C17H14O3/c18-15-10-11-16(14-9-5-4-8-13(14)15)20-17(19)12-6-2-1-3-7-12/h1-11,15-16,18H/t15-,16+/m1/s1. The molecule has 0 spiro atoms. The van der Waals surface area contributed by atoms with Crippen molar-refractivity contribution in [3.8, 4) is 0 Å². The Bertz CT molecular complexity index is 646. The van der Waals surface area contributed by atoms with E-state index in [0.29, 0.717) is 5.56 Å². The van der Waals surface area contributed by atoms with Crippen molar-refractivity contribution in [3.63, 3.8) is 0 Å². The second-order valence-electron chi connectivity index (χ2n) is 4.65. The first-order valence-corrected chi connectivity index (χ1v) is 6.47.